The van der Waals surface area contributed by atoms with Gasteiger partial charge in [0, 0.05) is 19.0 Å². The minimum Gasteiger partial charge on any atom is -0.398 e. The molecule has 2 fully saturated rings. The number of nitrogens with zero attached hydrogens (tertiary/aromatic N) is 3. The highest BCUT2D eigenvalue weighted by atomic mass is 35.5. The van der Waals surface area contributed by atoms with Gasteiger partial charge in [-0.25, -0.2) is 0 Å². The Balaban J connectivity index is 0.000000980. The average Bonchev–Trinajstić information content (AvgIpc) is 2.74. The van der Waals surface area contributed by atoms with Crippen molar-refractivity contribution in [1.82, 2.24) is 4.90 Å². The standard InChI is InChI=1S/C9H13N3O.ClH/c1-13-11-9(4-10)8-6-12-3-2-7(8)5-12;/h7-8H,2-3,5-6H2,1H3;1H. The van der Waals surface area contributed by atoms with Crippen molar-refractivity contribution in [2.75, 3.05) is 26.7 Å². The summed E-state index contributed by atoms with van der Waals surface area (Å²) in [6, 6.07) is 2.13. The minimum absolute atomic E-state index is 0. The van der Waals surface area contributed by atoms with Gasteiger partial charge in [-0.05, 0) is 18.9 Å². The highest BCUT2D eigenvalue weighted by Gasteiger charge is 2.40. The second-order valence-corrected chi connectivity index (χ2v) is 3.69. The van der Waals surface area contributed by atoms with Crippen LogP contribution in [0.15, 0.2) is 5.16 Å². The van der Waals surface area contributed by atoms with E-state index in [9.17, 15) is 0 Å². The van der Waals surface area contributed by atoms with Crippen LogP contribution < -0.4 is 0 Å². The Morgan fingerprint density at radius 2 is 2.36 bits per heavy atom. The first-order chi connectivity index (χ1) is 6.35. The van der Waals surface area contributed by atoms with Crippen molar-refractivity contribution in [1.29, 1.82) is 5.26 Å². The second kappa shape index (κ2) is 4.63. The van der Waals surface area contributed by atoms with E-state index >= 15 is 0 Å². The topological polar surface area (TPSA) is 48.6 Å². The SMILES string of the molecule is CON=C(C#N)C1CN2CCC1C2.Cl. The third-order valence-corrected chi connectivity index (χ3v) is 2.99. The Morgan fingerprint density at radius 3 is 2.79 bits per heavy atom. The summed E-state index contributed by atoms with van der Waals surface area (Å²) < 4.78 is 0. The molecular weight excluding hydrogens is 202 g/mol. The van der Waals surface area contributed by atoms with E-state index in [4.69, 9.17) is 5.26 Å². The average molecular weight is 216 g/mol. The first kappa shape index (κ1) is 11.3. The maximum absolute atomic E-state index is 8.87. The third kappa shape index (κ3) is 1.84. The largest absolute Gasteiger partial charge is 0.398 e. The van der Waals surface area contributed by atoms with E-state index in [0.29, 0.717) is 17.5 Å². The molecule has 5 heteroatoms. The molecular formula is C9H14ClN3O. The minimum atomic E-state index is 0. The number of hydrogen-bond acceptors (Lipinski definition) is 4. The fourth-order valence-electron chi connectivity index (χ4n) is 2.36. The molecule has 0 saturated carbocycles. The van der Waals surface area contributed by atoms with Crippen LogP contribution in [-0.2, 0) is 4.84 Å². The molecule has 2 rings (SSSR count). The summed E-state index contributed by atoms with van der Waals surface area (Å²) in [6.45, 7) is 3.31. The van der Waals surface area contributed by atoms with E-state index in [2.05, 4.69) is 21.0 Å². The first-order valence-electron chi connectivity index (χ1n) is 4.58. The van der Waals surface area contributed by atoms with E-state index in [0.717, 1.165) is 13.1 Å². The van der Waals surface area contributed by atoms with Crippen LogP contribution in [0.2, 0.25) is 0 Å². The van der Waals surface area contributed by atoms with Crippen molar-refractivity contribution in [3.8, 4) is 6.07 Å². The van der Waals surface area contributed by atoms with Crippen LogP contribution in [-0.4, -0.2) is 37.4 Å². The van der Waals surface area contributed by atoms with Gasteiger partial charge in [-0.2, -0.15) is 5.26 Å². The van der Waals surface area contributed by atoms with Gasteiger partial charge < -0.3 is 9.74 Å². The van der Waals surface area contributed by atoms with Gasteiger partial charge in [0.15, 0.2) is 5.71 Å². The summed E-state index contributed by atoms with van der Waals surface area (Å²) in [5.41, 5.74) is 0.565. The van der Waals surface area contributed by atoms with E-state index in [1.807, 2.05) is 0 Å². The van der Waals surface area contributed by atoms with E-state index < -0.39 is 0 Å². The Morgan fingerprint density at radius 1 is 1.57 bits per heavy atom. The van der Waals surface area contributed by atoms with Crippen LogP contribution in [0.3, 0.4) is 0 Å². The van der Waals surface area contributed by atoms with Crippen molar-refractivity contribution >= 4 is 18.1 Å². The van der Waals surface area contributed by atoms with Crippen LogP contribution in [0.25, 0.3) is 0 Å². The van der Waals surface area contributed by atoms with Gasteiger partial charge in [0.25, 0.3) is 0 Å². The van der Waals surface area contributed by atoms with Gasteiger partial charge in [-0.15, -0.1) is 12.4 Å². The van der Waals surface area contributed by atoms with E-state index in [-0.39, 0.29) is 12.4 Å². The number of nitriles is 1. The lowest BCUT2D eigenvalue weighted by Gasteiger charge is -2.19. The van der Waals surface area contributed by atoms with Crippen LogP contribution in [0.5, 0.6) is 0 Å². The molecule has 2 aliphatic heterocycles. The lowest BCUT2D eigenvalue weighted by molar-refractivity contribution is 0.209. The molecule has 0 aromatic heterocycles. The maximum atomic E-state index is 8.87. The molecule has 0 radical (unpaired) electrons. The number of hydrogen-bond donors (Lipinski definition) is 0. The van der Waals surface area contributed by atoms with Crippen molar-refractivity contribution in [2.24, 2.45) is 17.0 Å². The van der Waals surface area contributed by atoms with Gasteiger partial charge in [0.05, 0.1) is 0 Å². The summed E-state index contributed by atoms with van der Waals surface area (Å²) in [4.78, 5) is 7.05. The number of rotatable bonds is 2. The van der Waals surface area contributed by atoms with E-state index in [1.165, 1.54) is 20.1 Å². The van der Waals surface area contributed by atoms with Gasteiger partial charge in [0.1, 0.15) is 13.2 Å². The predicted molar refractivity (Wildman–Crippen MR) is 55.3 cm³/mol. The number of fused-ring (bicyclic) bond motifs is 2. The van der Waals surface area contributed by atoms with Crippen LogP contribution >= 0.6 is 12.4 Å². The smallest absolute Gasteiger partial charge is 0.161 e. The quantitative estimate of drug-likeness (QED) is 0.508. The Hall–Kier alpha value is -0.790. The van der Waals surface area contributed by atoms with Crippen molar-refractivity contribution in [3.63, 3.8) is 0 Å². The summed E-state index contributed by atoms with van der Waals surface area (Å²) in [5, 5.41) is 12.6. The highest BCUT2D eigenvalue weighted by Crippen LogP contribution is 2.33. The number of oxime groups is 1. The molecule has 0 aromatic rings. The molecule has 4 nitrogen and oxygen atoms in total. The number of piperidine rings is 1. The normalized spacial score (nSPS) is 34.9. The highest BCUT2D eigenvalue weighted by molar-refractivity contribution is 6.00. The zero-order valence-corrected chi connectivity index (χ0v) is 8.96. The first-order valence-corrected chi connectivity index (χ1v) is 4.58. The molecule has 0 aromatic carbocycles. The zero-order chi connectivity index (χ0) is 9.26. The molecule has 14 heavy (non-hydrogen) atoms. The Bertz CT molecular complexity index is 274. The molecule has 0 N–H and O–H groups in total. The fourth-order valence-corrected chi connectivity index (χ4v) is 2.36. The van der Waals surface area contributed by atoms with Crippen LogP contribution in [0.4, 0.5) is 0 Å². The summed E-state index contributed by atoms with van der Waals surface area (Å²) >= 11 is 0. The predicted octanol–water partition coefficient (Wildman–Crippen LogP) is 0.886. The molecule has 0 spiro atoms. The summed E-state index contributed by atoms with van der Waals surface area (Å²) in [7, 11) is 1.49. The zero-order valence-electron chi connectivity index (χ0n) is 8.14. The molecule has 2 saturated heterocycles. The Kier molecular flexibility index (Phi) is 3.73. The fraction of sp³-hybridized carbons (Fsp3) is 0.778. The lowest BCUT2D eigenvalue weighted by Crippen LogP contribution is -2.28. The lowest BCUT2D eigenvalue weighted by atomic mass is 9.89. The van der Waals surface area contributed by atoms with Crippen LogP contribution in [0, 0.1) is 23.2 Å². The molecule has 2 aliphatic rings. The molecule has 0 aliphatic carbocycles. The van der Waals surface area contributed by atoms with E-state index in [1.54, 1.807) is 0 Å². The van der Waals surface area contributed by atoms with Crippen molar-refractivity contribution < 1.29 is 4.84 Å². The second-order valence-electron chi connectivity index (χ2n) is 3.69. The van der Waals surface area contributed by atoms with Crippen LogP contribution in [0.1, 0.15) is 6.42 Å². The van der Waals surface area contributed by atoms with Gasteiger partial charge >= 0.3 is 0 Å². The van der Waals surface area contributed by atoms with Crippen molar-refractivity contribution in [3.05, 3.63) is 0 Å². The van der Waals surface area contributed by atoms with Gasteiger partial charge in [-0.3, -0.25) is 0 Å². The maximum Gasteiger partial charge on any atom is 0.161 e. The Labute approximate surface area is 89.9 Å². The van der Waals surface area contributed by atoms with Gasteiger partial charge in [-0.1, -0.05) is 5.16 Å². The summed E-state index contributed by atoms with van der Waals surface area (Å²) in [5.74, 6) is 0.951. The molecule has 3 unspecified atom stereocenters. The monoisotopic (exact) mass is 215 g/mol. The summed E-state index contributed by atoms with van der Waals surface area (Å²) in [6.07, 6.45) is 1.20. The molecule has 0 amide bonds. The molecule has 2 bridgehead atoms. The third-order valence-electron chi connectivity index (χ3n) is 2.99. The molecule has 3 atom stereocenters. The molecule has 78 valence electrons. The van der Waals surface area contributed by atoms with Crippen molar-refractivity contribution in [2.45, 2.75) is 6.42 Å². The number of halogens is 1. The van der Waals surface area contributed by atoms with Gasteiger partial charge in [0.2, 0.25) is 0 Å². The molecule has 2 heterocycles.